The Morgan fingerprint density at radius 1 is 1.47 bits per heavy atom. The smallest absolute Gasteiger partial charge is 0.248 e. The molecule has 1 heterocycles. The lowest BCUT2D eigenvalue weighted by molar-refractivity contribution is -0.135. The van der Waals surface area contributed by atoms with Gasteiger partial charge in [-0.1, -0.05) is 24.3 Å². The molecule has 19 heavy (non-hydrogen) atoms. The van der Waals surface area contributed by atoms with Gasteiger partial charge < -0.3 is 9.64 Å². The fraction of sp³-hybridized carbons (Fsp3) is 0.533. The predicted octanol–water partition coefficient (Wildman–Crippen LogP) is 2.43. The summed E-state index contributed by atoms with van der Waals surface area (Å²) >= 11 is 0. The number of amides is 1. The van der Waals surface area contributed by atoms with Gasteiger partial charge in [-0.2, -0.15) is 0 Å². The van der Waals surface area contributed by atoms with Crippen LogP contribution >= 0.6 is 0 Å². The third-order valence-electron chi connectivity index (χ3n) is 3.63. The van der Waals surface area contributed by atoms with Crippen molar-refractivity contribution in [3.8, 4) is 0 Å². The van der Waals surface area contributed by atoms with Gasteiger partial charge >= 0.3 is 0 Å². The fourth-order valence-corrected chi connectivity index (χ4v) is 2.56. The number of benzene rings is 1. The van der Waals surface area contributed by atoms with Crippen LogP contribution in [0.4, 0.5) is 4.39 Å². The lowest BCUT2D eigenvalue weighted by Crippen LogP contribution is -2.35. The number of halogens is 1. The predicted molar refractivity (Wildman–Crippen MR) is 71.7 cm³/mol. The van der Waals surface area contributed by atoms with Crippen LogP contribution in [0.5, 0.6) is 0 Å². The third kappa shape index (κ3) is 2.95. The third-order valence-corrected chi connectivity index (χ3v) is 3.63. The average Bonchev–Trinajstić information content (AvgIpc) is 2.80. The number of aryl methyl sites for hydroxylation is 1. The van der Waals surface area contributed by atoms with Crippen LogP contribution in [-0.2, 0) is 15.2 Å². The highest BCUT2D eigenvalue weighted by atomic mass is 19.1. The van der Waals surface area contributed by atoms with Gasteiger partial charge in [-0.05, 0) is 25.0 Å². The molecule has 104 valence electrons. The van der Waals surface area contributed by atoms with Crippen LogP contribution < -0.4 is 0 Å². The van der Waals surface area contributed by atoms with Gasteiger partial charge in [-0.25, -0.2) is 4.39 Å². The van der Waals surface area contributed by atoms with Crippen molar-refractivity contribution in [3.05, 3.63) is 35.4 Å². The molecule has 0 radical (unpaired) electrons. The van der Waals surface area contributed by atoms with Crippen molar-refractivity contribution >= 4 is 5.91 Å². The number of carbonyl (C=O) groups excluding carboxylic acids is 1. The molecule has 0 unspecified atom stereocenters. The second kappa shape index (κ2) is 5.70. The Balaban J connectivity index is 2.08. The Morgan fingerprint density at radius 3 is 2.89 bits per heavy atom. The lowest BCUT2D eigenvalue weighted by Gasteiger charge is -2.23. The Kier molecular flexibility index (Phi) is 4.20. The molecule has 0 spiro atoms. The van der Waals surface area contributed by atoms with Crippen molar-refractivity contribution in [2.24, 2.45) is 0 Å². The maximum absolute atomic E-state index is 15.0. The number of nitrogens with zero attached hydrogens (tertiary/aromatic N) is 1. The first-order chi connectivity index (χ1) is 9.07. The molecule has 0 N–H and O–H groups in total. The van der Waals surface area contributed by atoms with E-state index >= 15 is 4.39 Å². The van der Waals surface area contributed by atoms with Gasteiger partial charge in [0, 0.05) is 19.6 Å². The largest absolute Gasteiger partial charge is 0.372 e. The first-order valence-corrected chi connectivity index (χ1v) is 6.67. The van der Waals surface area contributed by atoms with E-state index in [9.17, 15) is 4.79 Å². The summed E-state index contributed by atoms with van der Waals surface area (Å²) in [5.41, 5.74) is 0.207. The Bertz CT molecular complexity index is 463. The number of ether oxygens (including phenoxy) is 1. The Morgan fingerprint density at radius 2 is 2.21 bits per heavy atom. The van der Waals surface area contributed by atoms with Gasteiger partial charge in [-0.3, -0.25) is 4.79 Å². The van der Waals surface area contributed by atoms with E-state index < -0.39 is 5.67 Å². The van der Waals surface area contributed by atoms with Gasteiger partial charge in [0.15, 0.2) is 5.67 Å². The summed E-state index contributed by atoms with van der Waals surface area (Å²) in [6.45, 7) is 4.87. The molecule has 0 aromatic heterocycles. The summed E-state index contributed by atoms with van der Waals surface area (Å²) in [5.74, 6) is -0.130. The summed E-state index contributed by atoms with van der Waals surface area (Å²) in [5, 5.41) is 0. The van der Waals surface area contributed by atoms with E-state index in [0.717, 1.165) is 5.56 Å². The molecule has 0 bridgehead atoms. The van der Waals surface area contributed by atoms with E-state index in [2.05, 4.69) is 0 Å². The Labute approximate surface area is 113 Å². The summed E-state index contributed by atoms with van der Waals surface area (Å²) in [7, 11) is 0. The van der Waals surface area contributed by atoms with Gasteiger partial charge in [-0.15, -0.1) is 0 Å². The first-order valence-electron chi connectivity index (χ1n) is 6.67. The Hall–Kier alpha value is -1.42. The molecule has 1 atom stereocenters. The molecule has 1 aromatic rings. The quantitative estimate of drug-likeness (QED) is 0.836. The lowest BCUT2D eigenvalue weighted by atomic mass is 9.91. The zero-order valence-corrected chi connectivity index (χ0v) is 11.5. The van der Waals surface area contributed by atoms with Crippen LogP contribution in [-0.4, -0.2) is 37.1 Å². The van der Waals surface area contributed by atoms with Crippen molar-refractivity contribution in [1.29, 1.82) is 0 Å². The maximum atomic E-state index is 15.0. The summed E-state index contributed by atoms with van der Waals surface area (Å²) in [4.78, 5) is 13.4. The van der Waals surface area contributed by atoms with Crippen LogP contribution in [0.15, 0.2) is 24.3 Å². The van der Waals surface area contributed by atoms with Crippen molar-refractivity contribution < 1.29 is 13.9 Å². The van der Waals surface area contributed by atoms with E-state index in [1.807, 2.05) is 38.1 Å². The fourth-order valence-electron chi connectivity index (χ4n) is 2.56. The van der Waals surface area contributed by atoms with Gasteiger partial charge in [0.1, 0.15) is 6.61 Å². The standard InChI is InChI=1S/C15H20FNO2/c1-3-19-10-14(18)17-9-8-15(16,11-17)13-7-5-4-6-12(13)2/h4-7H,3,8-11H2,1-2H3/t15-/m1/s1. The summed E-state index contributed by atoms with van der Waals surface area (Å²) in [6.07, 6.45) is 0.357. The highest BCUT2D eigenvalue weighted by molar-refractivity contribution is 5.78. The van der Waals surface area contributed by atoms with Crippen LogP contribution in [0.1, 0.15) is 24.5 Å². The molecule has 2 rings (SSSR count). The van der Waals surface area contributed by atoms with Crippen LogP contribution in [0.25, 0.3) is 0 Å². The molecule has 1 saturated heterocycles. The van der Waals surface area contributed by atoms with E-state index in [0.29, 0.717) is 25.1 Å². The van der Waals surface area contributed by atoms with Crippen molar-refractivity contribution in [2.45, 2.75) is 25.9 Å². The number of rotatable bonds is 4. The number of likely N-dealkylation sites (tertiary alicyclic amines) is 1. The number of hydrogen-bond acceptors (Lipinski definition) is 2. The number of carbonyl (C=O) groups is 1. The highest BCUT2D eigenvalue weighted by Crippen LogP contribution is 2.37. The highest BCUT2D eigenvalue weighted by Gasteiger charge is 2.42. The monoisotopic (exact) mass is 265 g/mol. The van der Waals surface area contributed by atoms with Gasteiger partial charge in [0.05, 0.1) is 6.54 Å². The number of alkyl halides is 1. The van der Waals surface area contributed by atoms with E-state index in [-0.39, 0.29) is 19.1 Å². The number of hydrogen-bond donors (Lipinski definition) is 0. The molecule has 1 aliphatic heterocycles. The topological polar surface area (TPSA) is 29.5 Å². The molecule has 0 aliphatic carbocycles. The molecular weight excluding hydrogens is 245 g/mol. The molecule has 1 aliphatic rings. The van der Waals surface area contributed by atoms with E-state index in [1.165, 1.54) is 0 Å². The van der Waals surface area contributed by atoms with Gasteiger partial charge in [0.2, 0.25) is 5.91 Å². The van der Waals surface area contributed by atoms with Gasteiger partial charge in [0.25, 0.3) is 0 Å². The van der Waals surface area contributed by atoms with Crippen LogP contribution in [0.3, 0.4) is 0 Å². The zero-order valence-electron chi connectivity index (χ0n) is 11.5. The van der Waals surface area contributed by atoms with Crippen LogP contribution in [0.2, 0.25) is 0 Å². The minimum absolute atomic E-state index is 0.0420. The molecule has 3 nitrogen and oxygen atoms in total. The molecule has 1 fully saturated rings. The first kappa shape index (κ1) is 14.0. The SMILES string of the molecule is CCOCC(=O)N1CC[C@](F)(c2ccccc2C)C1. The molecule has 0 saturated carbocycles. The summed E-state index contributed by atoms with van der Waals surface area (Å²) in [6, 6.07) is 7.46. The van der Waals surface area contributed by atoms with Crippen LogP contribution in [0, 0.1) is 6.92 Å². The average molecular weight is 265 g/mol. The summed E-state index contributed by atoms with van der Waals surface area (Å²) < 4.78 is 20.1. The van der Waals surface area contributed by atoms with Crippen molar-refractivity contribution in [3.63, 3.8) is 0 Å². The second-order valence-corrected chi connectivity index (χ2v) is 4.98. The van der Waals surface area contributed by atoms with Crippen molar-refractivity contribution in [2.75, 3.05) is 26.3 Å². The zero-order chi connectivity index (χ0) is 13.9. The molecular formula is C15H20FNO2. The minimum atomic E-state index is -1.42. The normalized spacial score (nSPS) is 22.8. The molecule has 4 heteroatoms. The van der Waals surface area contributed by atoms with E-state index in [4.69, 9.17) is 4.74 Å². The molecule has 1 amide bonds. The molecule has 1 aromatic carbocycles. The maximum Gasteiger partial charge on any atom is 0.248 e. The van der Waals surface area contributed by atoms with E-state index in [1.54, 1.807) is 4.90 Å². The van der Waals surface area contributed by atoms with Crippen molar-refractivity contribution in [1.82, 2.24) is 4.90 Å². The second-order valence-electron chi connectivity index (χ2n) is 4.98. The minimum Gasteiger partial charge on any atom is -0.372 e.